The molecule has 1 atom stereocenters. The molecule has 1 aliphatic rings. The van der Waals surface area contributed by atoms with E-state index < -0.39 is 17.7 Å². The van der Waals surface area contributed by atoms with Crippen LogP contribution in [0, 0.1) is 11.6 Å². The molecule has 1 heterocycles. The Morgan fingerprint density at radius 1 is 1.32 bits per heavy atom. The molecule has 19 heavy (non-hydrogen) atoms. The second kappa shape index (κ2) is 6.41. The van der Waals surface area contributed by atoms with Crippen LogP contribution in [0.15, 0.2) is 18.2 Å². The van der Waals surface area contributed by atoms with Crippen LogP contribution in [0.2, 0.25) is 0 Å². The molecule has 3 nitrogen and oxygen atoms in total. The van der Waals surface area contributed by atoms with E-state index in [2.05, 4.69) is 17.3 Å². The molecule has 106 valence electrons. The van der Waals surface area contributed by atoms with Crippen molar-refractivity contribution in [2.75, 3.05) is 26.7 Å². The minimum atomic E-state index is -1.15. The smallest absolute Gasteiger partial charge is 0.131 e. The molecule has 1 aromatic rings. The third-order valence-electron chi connectivity index (χ3n) is 3.65. The van der Waals surface area contributed by atoms with Gasteiger partial charge in [-0.05, 0) is 45.1 Å². The van der Waals surface area contributed by atoms with Gasteiger partial charge in [0.25, 0.3) is 0 Å². The van der Waals surface area contributed by atoms with Crippen molar-refractivity contribution in [3.8, 4) is 0 Å². The van der Waals surface area contributed by atoms with E-state index in [1.54, 1.807) is 0 Å². The standard InChI is InChI=1S/C14H20F2N2O/c1-18-7-5-10(6-8-18)17-9-13(19)14-11(15)3-2-4-12(14)16/h2-4,10,13,17,19H,5-9H2,1H3/t13-/m1/s1. The van der Waals surface area contributed by atoms with Gasteiger partial charge in [0, 0.05) is 12.6 Å². The summed E-state index contributed by atoms with van der Waals surface area (Å²) in [6.45, 7) is 2.18. The number of aliphatic hydroxyl groups excluding tert-OH is 1. The van der Waals surface area contributed by atoms with Crippen molar-refractivity contribution in [3.05, 3.63) is 35.4 Å². The Morgan fingerprint density at radius 2 is 1.89 bits per heavy atom. The molecule has 0 unspecified atom stereocenters. The number of hydrogen-bond acceptors (Lipinski definition) is 3. The minimum absolute atomic E-state index is 0.173. The van der Waals surface area contributed by atoms with Crippen LogP contribution in [0.5, 0.6) is 0 Å². The SMILES string of the molecule is CN1CCC(NC[C@@H](O)c2c(F)cccc2F)CC1. The first-order valence-electron chi connectivity index (χ1n) is 6.62. The molecule has 0 saturated carbocycles. The van der Waals surface area contributed by atoms with Crippen LogP contribution < -0.4 is 5.32 Å². The summed E-state index contributed by atoms with van der Waals surface area (Å²) in [5.41, 5.74) is -0.247. The first-order chi connectivity index (χ1) is 9.08. The molecular formula is C14H20F2N2O. The number of hydrogen-bond donors (Lipinski definition) is 2. The maximum absolute atomic E-state index is 13.5. The van der Waals surface area contributed by atoms with E-state index >= 15 is 0 Å². The van der Waals surface area contributed by atoms with Crippen LogP contribution in [0.25, 0.3) is 0 Å². The highest BCUT2D eigenvalue weighted by molar-refractivity contribution is 5.22. The summed E-state index contributed by atoms with van der Waals surface area (Å²) in [4.78, 5) is 2.24. The Balaban J connectivity index is 1.89. The molecule has 5 heteroatoms. The number of halogens is 2. The summed E-state index contributed by atoms with van der Waals surface area (Å²) in [5.74, 6) is -1.39. The van der Waals surface area contributed by atoms with E-state index in [-0.39, 0.29) is 12.1 Å². The summed E-state index contributed by atoms with van der Waals surface area (Å²) in [5, 5.41) is 13.1. The van der Waals surface area contributed by atoms with Gasteiger partial charge < -0.3 is 15.3 Å². The fourth-order valence-electron chi connectivity index (χ4n) is 2.42. The third kappa shape index (κ3) is 3.72. The Morgan fingerprint density at radius 3 is 2.47 bits per heavy atom. The molecule has 1 aromatic carbocycles. The predicted molar refractivity (Wildman–Crippen MR) is 69.8 cm³/mol. The summed E-state index contributed by atoms with van der Waals surface area (Å²) in [6.07, 6.45) is 0.826. The lowest BCUT2D eigenvalue weighted by Crippen LogP contribution is -2.42. The maximum atomic E-state index is 13.5. The van der Waals surface area contributed by atoms with Gasteiger partial charge in [-0.15, -0.1) is 0 Å². The Kier molecular flexibility index (Phi) is 4.85. The van der Waals surface area contributed by atoms with Crippen LogP contribution in [0.1, 0.15) is 24.5 Å². The van der Waals surface area contributed by atoms with E-state index in [9.17, 15) is 13.9 Å². The quantitative estimate of drug-likeness (QED) is 0.874. The molecule has 0 spiro atoms. The first-order valence-corrected chi connectivity index (χ1v) is 6.62. The van der Waals surface area contributed by atoms with Gasteiger partial charge in [0.05, 0.1) is 11.7 Å². The summed E-state index contributed by atoms with van der Waals surface area (Å²) < 4.78 is 27.0. The van der Waals surface area contributed by atoms with Crippen molar-refractivity contribution in [3.63, 3.8) is 0 Å². The summed E-state index contributed by atoms with van der Waals surface area (Å²) in [6, 6.07) is 3.93. The number of piperidine rings is 1. The van der Waals surface area contributed by atoms with E-state index in [1.165, 1.54) is 6.07 Å². The van der Waals surface area contributed by atoms with Gasteiger partial charge in [0.2, 0.25) is 0 Å². The molecule has 0 aromatic heterocycles. The highest BCUT2D eigenvalue weighted by atomic mass is 19.1. The average molecular weight is 270 g/mol. The first kappa shape index (κ1) is 14.4. The minimum Gasteiger partial charge on any atom is -0.387 e. The van der Waals surface area contributed by atoms with Crippen LogP contribution in [-0.4, -0.2) is 42.7 Å². The topological polar surface area (TPSA) is 35.5 Å². The fraction of sp³-hybridized carbons (Fsp3) is 0.571. The van der Waals surface area contributed by atoms with E-state index in [0.29, 0.717) is 6.04 Å². The number of aliphatic hydroxyl groups is 1. The normalized spacial score (nSPS) is 19.6. The zero-order valence-corrected chi connectivity index (χ0v) is 11.1. The lowest BCUT2D eigenvalue weighted by Gasteiger charge is -2.30. The Bertz CT molecular complexity index is 400. The van der Waals surface area contributed by atoms with Gasteiger partial charge in [-0.2, -0.15) is 0 Å². The second-order valence-electron chi connectivity index (χ2n) is 5.14. The Hall–Kier alpha value is -1.04. The molecule has 1 fully saturated rings. The largest absolute Gasteiger partial charge is 0.387 e. The van der Waals surface area contributed by atoms with Gasteiger partial charge >= 0.3 is 0 Å². The van der Waals surface area contributed by atoms with Crippen molar-refractivity contribution in [2.24, 2.45) is 0 Å². The molecule has 0 radical (unpaired) electrons. The zero-order valence-electron chi connectivity index (χ0n) is 11.1. The predicted octanol–water partition coefficient (Wildman–Crippen LogP) is 1.68. The van der Waals surface area contributed by atoms with E-state index in [4.69, 9.17) is 0 Å². The number of nitrogens with one attached hydrogen (secondary N) is 1. The van der Waals surface area contributed by atoms with Crippen molar-refractivity contribution in [1.29, 1.82) is 0 Å². The van der Waals surface area contributed by atoms with E-state index in [1.807, 2.05) is 0 Å². The van der Waals surface area contributed by atoms with E-state index in [0.717, 1.165) is 38.1 Å². The van der Waals surface area contributed by atoms with Crippen molar-refractivity contribution in [1.82, 2.24) is 10.2 Å². The summed E-state index contributed by atoms with van der Waals surface area (Å²) in [7, 11) is 2.07. The number of rotatable bonds is 4. The zero-order chi connectivity index (χ0) is 13.8. The maximum Gasteiger partial charge on any atom is 0.131 e. The highest BCUT2D eigenvalue weighted by Crippen LogP contribution is 2.20. The Labute approximate surface area is 112 Å². The van der Waals surface area contributed by atoms with Gasteiger partial charge in [-0.25, -0.2) is 8.78 Å². The lowest BCUT2D eigenvalue weighted by molar-refractivity contribution is 0.150. The molecule has 1 aliphatic heterocycles. The molecular weight excluding hydrogens is 250 g/mol. The lowest BCUT2D eigenvalue weighted by atomic mass is 10.0. The van der Waals surface area contributed by atoms with Crippen molar-refractivity contribution >= 4 is 0 Å². The summed E-state index contributed by atoms with van der Waals surface area (Å²) >= 11 is 0. The molecule has 2 rings (SSSR count). The van der Waals surface area contributed by atoms with Crippen LogP contribution in [0.3, 0.4) is 0 Å². The van der Waals surface area contributed by atoms with Crippen molar-refractivity contribution < 1.29 is 13.9 Å². The van der Waals surface area contributed by atoms with Crippen LogP contribution >= 0.6 is 0 Å². The van der Waals surface area contributed by atoms with Gasteiger partial charge in [0.1, 0.15) is 11.6 Å². The molecule has 0 bridgehead atoms. The molecule has 1 saturated heterocycles. The monoisotopic (exact) mass is 270 g/mol. The number of likely N-dealkylation sites (tertiary alicyclic amines) is 1. The number of benzene rings is 1. The van der Waals surface area contributed by atoms with Crippen LogP contribution in [0.4, 0.5) is 8.78 Å². The van der Waals surface area contributed by atoms with Gasteiger partial charge in [0.15, 0.2) is 0 Å². The van der Waals surface area contributed by atoms with Crippen molar-refractivity contribution in [2.45, 2.75) is 25.0 Å². The fourth-order valence-corrected chi connectivity index (χ4v) is 2.42. The van der Waals surface area contributed by atoms with Gasteiger partial charge in [-0.3, -0.25) is 0 Å². The molecule has 0 amide bonds. The number of nitrogens with zero attached hydrogens (tertiary/aromatic N) is 1. The third-order valence-corrected chi connectivity index (χ3v) is 3.65. The second-order valence-corrected chi connectivity index (χ2v) is 5.14. The highest BCUT2D eigenvalue weighted by Gasteiger charge is 2.21. The van der Waals surface area contributed by atoms with Crippen LogP contribution in [-0.2, 0) is 0 Å². The molecule has 2 N–H and O–H groups in total. The average Bonchev–Trinajstić information content (AvgIpc) is 2.38. The molecule has 0 aliphatic carbocycles. The van der Waals surface area contributed by atoms with Gasteiger partial charge in [-0.1, -0.05) is 6.07 Å².